The number of aryl methyl sites for hydroxylation is 1. The van der Waals surface area contributed by atoms with Gasteiger partial charge in [-0.05, 0) is 25.5 Å². The first-order valence-corrected chi connectivity index (χ1v) is 9.96. The van der Waals surface area contributed by atoms with Gasteiger partial charge in [0, 0.05) is 23.1 Å². The van der Waals surface area contributed by atoms with Crippen LogP contribution in [0.3, 0.4) is 0 Å². The number of hydrogen-bond acceptors (Lipinski definition) is 7. The van der Waals surface area contributed by atoms with Gasteiger partial charge in [-0.3, -0.25) is 9.36 Å². The summed E-state index contributed by atoms with van der Waals surface area (Å²) in [5.41, 5.74) is 0.705. The van der Waals surface area contributed by atoms with Gasteiger partial charge in [0.2, 0.25) is 0 Å². The number of carbonyl (C=O) groups excluding carboxylic acids is 1. The summed E-state index contributed by atoms with van der Waals surface area (Å²) >= 11 is 1.42. The van der Waals surface area contributed by atoms with Crippen LogP contribution in [0.15, 0.2) is 41.5 Å². The number of hydrogen-bond donors (Lipinski definition) is 1. The summed E-state index contributed by atoms with van der Waals surface area (Å²) in [7, 11) is 1.31. The molecule has 0 spiro atoms. The van der Waals surface area contributed by atoms with Gasteiger partial charge in [0.05, 0.1) is 19.3 Å². The molecule has 0 saturated carbocycles. The molecular formula is C20H19FN4O3S. The normalized spacial score (nSPS) is 16.3. The zero-order valence-electron chi connectivity index (χ0n) is 15.9. The second kappa shape index (κ2) is 7.75. The molecule has 4 rings (SSSR count). The number of benzene rings is 1. The summed E-state index contributed by atoms with van der Waals surface area (Å²) < 4.78 is 19.7. The van der Waals surface area contributed by atoms with Gasteiger partial charge in [0.1, 0.15) is 28.4 Å². The van der Waals surface area contributed by atoms with Crippen molar-refractivity contribution in [3.8, 4) is 10.6 Å². The zero-order chi connectivity index (χ0) is 20.5. The SMILES string of the molecule is COC(=O)[C@@H]1CCc2ncc(N[C@H](C)c3cnc(-c4cccc(F)c4)s3)c(=O)n21. The highest BCUT2D eigenvalue weighted by molar-refractivity contribution is 7.15. The van der Waals surface area contributed by atoms with E-state index in [1.807, 2.05) is 6.92 Å². The second-order valence-electron chi connectivity index (χ2n) is 6.79. The zero-order valence-corrected chi connectivity index (χ0v) is 16.7. The third-order valence-corrected chi connectivity index (χ3v) is 6.12. The lowest BCUT2D eigenvalue weighted by Gasteiger charge is -2.16. The van der Waals surface area contributed by atoms with E-state index in [4.69, 9.17) is 4.74 Å². The van der Waals surface area contributed by atoms with E-state index in [1.165, 1.54) is 41.3 Å². The van der Waals surface area contributed by atoms with Gasteiger partial charge in [-0.15, -0.1) is 11.3 Å². The molecule has 2 aromatic heterocycles. The van der Waals surface area contributed by atoms with E-state index in [0.717, 1.165) is 4.88 Å². The Hall–Kier alpha value is -3.07. The van der Waals surface area contributed by atoms with Gasteiger partial charge in [-0.1, -0.05) is 12.1 Å². The number of rotatable bonds is 5. The average Bonchev–Trinajstić information content (AvgIpc) is 3.37. The van der Waals surface area contributed by atoms with Gasteiger partial charge in [0.25, 0.3) is 5.56 Å². The van der Waals surface area contributed by atoms with E-state index in [9.17, 15) is 14.0 Å². The summed E-state index contributed by atoms with van der Waals surface area (Å²) in [6.07, 6.45) is 4.26. The number of aromatic nitrogens is 3. The smallest absolute Gasteiger partial charge is 0.329 e. The Balaban J connectivity index is 1.58. The molecule has 0 aliphatic carbocycles. The maximum atomic E-state index is 13.5. The van der Waals surface area contributed by atoms with Gasteiger partial charge in [-0.2, -0.15) is 0 Å². The topological polar surface area (TPSA) is 86.1 Å². The molecule has 2 atom stereocenters. The molecule has 0 saturated heterocycles. The molecule has 3 heterocycles. The van der Waals surface area contributed by atoms with Crippen molar-refractivity contribution in [2.24, 2.45) is 0 Å². The van der Waals surface area contributed by atoms with Crippen LogP contribution in [-0.2, 0) is 16.0 Å². The van der Waals surface area contributed by atoms with Crippen LogP contribution in [0.25, 0.3) is 10.6 Å². The molecule has 0 unspecified atom stereocenters. The summed E-state index contributed by atoms with van der Waals surface area (Å²) in [5, 5.41) is 3.86. The van der Waals surface area contributed by atoms with Crippen molar-refractivity contribution in [2.75, 3.05) is 12.4 Å². The highest BCUT2D eigenvalue weighted by Crippen LogP contribution is 2.30. The van der Waals surface area contributed by atoms with Crippen LogP contribution < -0.4 is 10.9 Å². The molecule has 9 heteroatoms. The number of fused-ring (bicyclic) bond motifs is 1. The highest BCUT2D eigenvalue weighted by atomic mass is 32.1. The summed E-state index contributed by atoms with van der Waals surface area (Å²) in [6, 6.07) is 5.40. The molecule has 0 radical (unpaired) electrons. The lowest BCUT2D eigenvalue weighted by molar-refractivity contribution is -0.144. The Morgan fingerprint density at radius 2 is 2.21 bits per heavy atom. The fraction of sp³-hybridized carbons (Fsp3) is 0.300. The molecule has 1 aromatic carbocycles. The predicted molar refractivity (Wildman–Crippen MR) is 107 cm³/mol. The standard InChI is InChI=1S/C20H19FN4O3S/c1-11(16-10-23-18(29-16)12-4-3-5-13(21)8-12)24-14-9-22-17-7-6-15(20(27)28-2)25(17)19(14)26/h3-5,8-11,15,24H,6-7H2,1-2H3/t11-,15+/m1/s1. The predicted octanol–water partition coefficient (Wildman–Crippen LogP) is 3.34. The minimum Gasteiger partial charge on any atom is -0.467 e. The number of anilines is 1. The average molecular weight is 414 g/mol. The maximum Gasteiger partial charge on any atom is 0.329 e. The van der Waals surface area contributed by atoms with Crippen molar-refractivity contribution in [3.05, 3.63) is 63.5 Å². The molecule has 0 fully saturated rings. The van der Waals surface area contributed by atoms with Crippen molar-refractivity contribution < 1.29 is 13.9 Å². The number of nitrogens with one attached hydrogen (secondary N) is 1. The van der Waals surface area contributed by atoms with Gasteiger partial charge >= 0.3 is 5.97 Å². The molecule has 1 aliphatic rings. The fourth-order valence-electron chi connectivity index (χ4n) is 3.41. The Labute approximate surface area is 170 Å². The fourth-order valence-corrected chi connectivity index (χ4v) is 4.32. The lowest BCUT2D eigenvalue weighted by Crippen LogP contribution is -2.31. The van der Waals surface area contributed by atoms with Crippen LogP contribution in [0.2, 0.25) is 0 Å². The first-order chi connectivity index (χ1) is 14.0. The van der Waals surface area contributed by atoms with E-state index in [1.54, 1.807) is 18.3 Å². The maximum absolute atomic E-state index is 13.5. The van der Waals surface area contributed by atoms with E-state index >= 15 is 0 Å². The number of nitrogens with zero attached hydrogens (tertiary/aromatic N) is 3. The van der Waals surface area contributed by atoms with Crippen LogP contribution in [0.4, 0.5) is 10.1 Å². The Bertz CT molecular complexity index is 1130. The minimum atomic E-state index is -0.643. The van der Waals surface area contributed by atoms with E-state index in [2.05, 4.69) is 15.3 Å². The van der Waals surface area contributed by atoms with Crippen LogP contribution in [0.5, 0.6) is 0 Å². The Morgan fingerprint density at radius 1 is 1.38 bits per heavy atom. The minimum absolute atomic E-state index is 0.221. The van der Waals surface area contributed by atoms with Crippen LogP contribution in [-0.4, -0.2) is 27.6 Å². The van der Waals surface area contributed by atoms with E-state index in [0.29, 0.717) is 34.9 Å². The summed E-state index contributed by atoms with van der Waals surface area (Å²) in [5.74, 6) is -0.183. The first kappa shape index (κ1) is 19.3. The molecule has 0 bridgehead atoms. The van der Waals surface area contributed by atoms with Crippen LogP contribution in [0, 0.1) is 5.82 Å². The van der Waals surface area contributed by atoms with Crippen molar-refractivity contribution >= 4 is 23.0 Å². The Morgan fingerprint density at radius 3 is 2.97 bits per heavy atom. The van der Waals surface area contributed by atoms with Crippen molar-refractivity contribution in [3.63, 3.8) is 0 Å². The Kier molecular flexibility index (Phi) is 5.14. The van der Waals surface area contributed by atoms with Crippen molar-refractivity contribution in [1.29, 1.82) is 0 Å². The van der Waals surface area contributed by atoms with Crippen LogP contribution >= 0.6 is 11.3 Å². The molecule has 3 aromatic rings. The van der Waals surface area contributed by atoms with Gasteiger partial charge in [-0.25, -0.2) is 19.2 Å². The third kappa shape index (κ3) is 3.65. The second-order valence-corrected chi connectivity index (χ2v) is 7.85. The largest absolute Gasteiger partial charge is 0.467 e. The quantitative estimate of drug-likeness (QED) is 0.645. The number of halogens is 1. The molecule has 0 amide bonds. The molecule has 150 valence electrons. The van der Waals surface area contributed by atoms with Gasteiger partial charge in [0.15, 0.2) is 0 Å². The number of methoxy groups -OCH3 is 1. The molecule has 7 nitrogen and oxygen atoms in total. The summed E-state index contributed by atoms with van der Waals surface area (Å²) in [4.78, 5) is 34.5. The lowest BCUT2D eigenvalue weighted by atomic mass is 10.2. The molecule has 29 heavy (non-hydrogen) atoms. The van der Waals surface area contributed by atoms with E-state index in [-0.39, 0.29) is 17.4 Å². The number of thiazole rings is 1. The number of ether oxygens (including phenoxy) is 1. The monoisotopic (exact) mass is 414 g/mol. The molecule has 1 aliphatic heterocycles. The molecule has 1 N–H and O–H groups in total. The third-order valence-electron chi connectivity index (χ3n) is 4.89. The number of carbonyl (C=O) groups is 1. The van der Waals surface area contributed by atoms with Crippen molar-refractivity contribution in [1.82, 2.24) is 14.5 Å². The highest BCUT2D eigenvalue weighted by Gasteiger charge is 2.32. The molecular weight excluding hydrogens is 395 g/mol. The van der Waals surface area contributed by atoms with Crippen LogP contribution in [0.1, 0.15) is 36.1 Å². The summed E-state index contributed by atoms with van der Waals surface area (Å²) in [6.45, 7) is 1.90. The van der Waals surface area contributed by atoms with E-state index < -0.39 is 12.0 Å². The van der Waals surface area contributed by atoms with Gasteiger partial charge < -0.3 is 10.1 Å². The van der Waals surface area contributed by atoms with Crippen molar-refractivity contribution in [2.45, 2.75) is 31.8 Å². The first-order valence-electron chi connectivity index (χ1n) is 9.14. The number of esters is 1.